The lowest BCUT2D eigenvalue weighted by atomic mass is 10.0. The van der Waals surface area contributed by atoms with Gasteiger partial charge in [0.05, 0.1) is 11.7 Å². The number of aromatic amines is 1. The van der Waals surface area contributed by atoms with Crippen molar-refractivity contribution < 1.29 is 14.3 Å². The molecule has 0 aliphatic carbocycles. The minimum absolute atomic E-state index is 0.139. The first-order valence-corrected chi connectivity index (χ1v) is 5.71. The van der Waals surface area contributed by atoms with Crippen molar-refractivity contribution >= 4 is 16.9 Å². The number of H-pyrrole nitrogens is 1. The normalized spacial score (nSPS) is 11.1. The highest BCUT2D eigenvalue weighted by Crippen LogP contribution is 2.29. The predicted molar refractivity (Wildman–Crippen MR) is 68.0 cm³/mol. The van der Waals surface area contributed by atoms with Gasteiger partial charge >= 0.3 is 5.97 Å². The van der Waals surface area contributed by atoms with Crippen LogP contribution in [0.1, 0.15) is 22.0 Å². The van der Waals surface area contributed by atoms with Gasteiger partial charge in [-0.1, -0.05) is 0 Å². The van der Waals surface area contributed by atoms with Crippen molar-refractivity contribution in [1.29, 1.82) is 0 Å². The number of carboxylic acids is 1. The zero-order valence-corrected chi connectivity index (χ0v) is 10.4. The lowest BCUT2D eigenvalue weighted by molar-refractivity contribution is 0.0662. The number of carbonyl (C=O) groups is 1. The summed E-state index contributed by atoms with van der Waals surface area (Å²) in [6.07, 6.45) is 1.72. The van der Waals surface area contributed by atoms with Crippen LogP contribution in [0.15, 0.2) is 22.7 Å². The summed E-state index contributed by atoms with van der Waals surface area (Å²) in [5.41, 5.74) is 2.83. The number of hydrogen-bond acceptors (Lipinski definition) is 4. The Morgan fingerprint density at radius 3 is 2.89 bits per heavy atom. The Kier molecular flexibility index (Phi) is 2.38. The predicted octanol–water partition coefficient (Wildman–Crippen LogP) is 2.53. The molecule has 0 atom stereocenters. The molecule has 3 rings (SSSR count). The molecule has 0 aliphatic heterocycles. The third-order valence-corrected chi connectivity index (χ3v) is 2.97. The van der Waals surface area contributed by atoms with Crippen LogP contribution in [-0.2, 0) is 0 Å². The van der Waals surface area contributed by atoms with E-state index in [-0.39, 0.29) is 5.76 Å². The molecule has 0 saturated heterocycles. The second-order valence-electron chi connectivity index (χ2n) is 4.34. The third kappa shape index (κ3) is 1.77. The van der Waals surface area contributed by atoms with Gasteiger partial charge in [-0.2, -0.15) is 5.10 Å². The van der Waals surface area contributed by atoms with Crippen molar-refractivity contribution in [1.82, 2.24) is 15.2 Å². The molecule has 6 heteroatoms. The van der Waals surface area contributed by atoms with Crippen LogP contribution in [0.2, 0.25) is 0 Å². The summed E-state index contributed by atoms with van der Waals surface area (Å²) in [4.78, 5) is 15.4. The summed E-state index contributed by atoms with van der Waals surface area (Å²) in [6.45, 7) is 3.53. The fourth-order valence-corrected chi connectivity index (χ4v) is 2.11. The standard InChI is InChI=1S/C13H11N3O3/c1-6-3-8-5-14-16-10(8)4-9(6)11-12(13(17)18)19-7(2)15-11/h3-5H,1-2H3,(H,14,16)(H,17,18). The Bertz CT molecular complexity index is 786. The van der Waals surface area contributed by atoms with E-state index >= 15 is 0 Å². The van der Waals surface area contributed by atoms with Gasteiger partial charge in [0.25, 0.3) is 0 Å². The van der Waals surface area contributed by atoms with Gasteiger partial charge in [0.2, 0.25) is 5.76 Å². The van der Waals surface area contributed by atoms with Crippen molar-refractivity contribution in [3.05, 3.63) is 35.5 Å². The average Bonchev–Trinajstić information content (AvgIpc) is 2.93. The van der Waals surface area contributed by atoms with Crippen LogP contribution in [0.5, 0.6) is 0 Å². The van der Waals surface area contributed by atoms with Gasteiger partial charge in [0.15, 0.2) is 5.89 Å². The van der Waals surface area contributed by atoms with Gasteiger partial charge in [-0.15, -0.1) is 0 Å². The van der Waals surface area contributed by atoms with Crippen LogP contribution in [0.3, 0.4) is 0 Å². The molecule has 96 valence electrons. The van der Waals surface area contributed by atoms with Gasteiger partial charge in [-0.3, -0.25) is 5.10 Å². The number of oxazole rings is 1. The van der Waals surface area contributed by atoms with Crippen molar-refractivity contribution in [2.24, 2.45) is 0 Å². The quantitative estimate of drug-likeness (QED) is 0.736. The van der Waals surface area contributed by atoms with Crippen molar-refractivity contribution in [3.8, 4) is 11.3 Å². The monoisotopic (exact) mass is 257 g/mol. The van der Waals surface area contributed by atoms with E-state index in [0.717, 1.165) is 22.0 Å². The molecule has 6 nitrogen and oxygen atoms in total. The number of nitrogens with one attached hydrogen (secondary N) is 1. The summed E-state index contributed by atoms with van der Waals surface area (Å²) < 4.78 is 5.14. The zero-order chi connectivity index (χ0) is 13.6. The fraction of sp³-hybridized carbons (Fsp3) is 0.154. The summed E-state index contributed by atoms with van der Waals surface area (Å²) in [6, 6.07) is 3.77. The molecule has 2 aromatic heterocycles. The number of aromatic carboxylic acids is 1. The van der Waals surface area contributed by atoms with E-state index in [4.69, 9.17) is 9.52 Å². The maximum atomic E-state index is 11.2. The molecular weight excluding hydrogens is 246 g/mol. The number of carboxylic acid groups (broad SMARTS) is 1. The average molecular weight is 257 g/mol. The molecular formula is C13H11N3O3. The highest BCUT2D eigenvalue weighted by molar-refractivity contribution is 5.94. The molecule has 0 unspecified atom stereocenters. The molecule has 1 aromatic carbocycles. The maximum absolute atomic E-state index is 11.2. The number of benzene rings is 1. The van der Waals surface area contributed by atoms with E-state index < -0.39 is 5.97 Å². The third-order valence-electron chi connectivity index (χ3n) is 2.97. The number of rotatable bonds is 2. The Morgan fingerprint density at radius 2 is 2.16 bits per heavy atom. The lowest BCUT2D eigenvalue weighted by Gasteiger charge is -2.03. The van der Waals surface area contributed by atoms with E-state index in [0.29, 0.717) is 11.6 Å². The molecule has 0 bridgehead atoms. The van der Waals surface area contributed by atoms with Crippen LogP contribution in [0.4, 0.5) is 0 Å². The molecule has 0 saturated carbocycles. The van der Waals surface area contributed by atoms with Crippen LogP contribution in [0.25, 0.3) is 22.2 Å². The lowest BCUT2D eigenvalue weighted by Crippen LogP contribution is -1.97. The molecule has 0 spiro atoms. The number of nitrogens with zero attached hydrogens (tertiary/aromatic N) is 2. The molecule has 19 heavy (non-hydrogen) atoms. The van der Waals surface area contributed by atoms with Crippen molar-refractivity contribution in [2.45, 2.75) is 13.8 Å². The SMILES string of the molecule is Cc1nc(-c2cc3[nH]ncc3cc2C)c(C(=O)O)o1. The van der Waals surface area contributed by atoms with E-state index in [1.165, 1.54) is 0 Å². The number of hydrogen-bond donors (Lipinski definition) is 2. The summed E-state index contributed by atoms with van der Waals surface area (Å²) in [5, 5.41) is 16.9. The number of aryl methyl sites for hydroxylation is 2. The molecule has 3 aromatic rings. The largest absolute Gasteiger partial charge is 0.475 e. The highest BCUT2D eigenvalue weighted by Gasteiger charge is 2.21. The molecule has 0 amide bonds. The molecule has 2 N–H and O–H groups in total. The molecule has 0 fully saturated rings. The van der Waals surface area contributed by atoms with Crippen LogP contribution in [-0.4, -0.2) is 26.3 Å². The Hall–Kier alpha value is -2.63. The number of aromatic nitrogens is 3. The Balaban J connectivity index is 2.28. The van der Waals surface area contributed by atoms with E-state index in [9.17, 15) is 4.79 Å². The summed E-state index contributed by atoms with van der Waals surface area (Å²) in [7, 11) is 0. The van der Waals surface area contributed by atoms with Gasteiger partial charge in [-0.25, -0.2) is 9.78 Å². The van der Waals surface area contributed by atoms with Crippen molar-refractivity contribution in [3.63, 3.8) is 0 Å². The van der Waals surface area contributed by atoms with Gasteiger partial charge in [0, 0.05) is 17.9 Å². The summed E-state index contributed by atoms with van der Waals surface area (Å²) in [5.74, 6) is -0.935. The maximum Gasteiger partial charge on any atom is 0.374 e. The first-order chi connectivity index (χ1) is 9.06. The molecule has 0 radical (unpaired) electrons. The molecule has 0 aliphatic rings. The zero-order valence-electron chi connectivity index (χ0n) is 10.4. The van der Waals surface area contributed by atoms with Crippen LogP contribution in [0, 0.1) is 13.8 Å². The molecule has 2 heterocycles. The van der Waals surface area contributed by atoms with Gasteiger partial charge in [-0.05, 0) is 24.6 Å². The van der Waals surface area contributed by atoms with Crippen LogP contribution < -0.4 is 0 Å². The van der Waals surface area contributed by atoms with Crippen LogP contribution >= 0.6 is 0 Å². The minimum Gasteiger partial charge on any atom is -0.475 e. The van der Waals surface area contributed by atoms with Crippen molar-refractivity contribution in [2.75, 3.05) is 0 Å². The van der Waals surface area contributed by atoms with E-state index in [1.54, 1.807) is 13.1 Å². The number of fused-ring (bicyclic) bond motifs is 1. The van der Waals surface area contributed by atoms with E-state index in [1.807, 2.05) is 19.1 Å². The Labute approximate surface area is 108 Å². The smallest absolute Gasteiger partial charge is 0.374 e. The van der Waals surface area contributed by atoms with Gasteiger partial charge in [0.1, 0.15) is 5.69 Å². The fourth-order valence-electron chi connectivity index (χ4n) is 2.11. The first-order valence-electron chi connectivity index (χ1n) is 5.71. The summed E-state index contributed by atoms with van der Waals surface area (Å²) >= 11 is 0. The second-order valence-corrected chi connectivity index (χ2v) is 4.34. The first kappa shape index (κ1) is 11.5. The van der Waals surface area contributed by atoms with E-state index in [2.05, 4.69) is 15.2 Å². The second kappa shape index (κ2) is 3.94. The minimum atomic E-state index is -1.13. The van der Waals surface area contributed by atoms with Gasteiger partial charge < -0.3 is 9.52 Å². The highest BCUT2D eigenvalue weighted by atomic mass is 16.4. The Morgan fingerprint density at radius 1 is 1.37 bits per heavy atom. The topological polar surface area (TPSA) is 92.0 Å².